The lowest BCUT2D eigenvalue weighted by Crippen LogP contribution is -2.52. The summed E-state index contributed by atoms with van der Waals surface area (Å²) in [4.78, 5) is 17.9. The summed E-state index contributed by atoms with van der Waals surface area (Å²) in [5.41, 5.74) is 5.68. The molecule has 1 atom stereocenters. The number of nitrogens with two attached hydrogens (primary N) is 1. The van der Waals surface area contributed by atoms with Gasteiger partial charge in [-0.2, -0.15) is 0 Å². The van der Waals surface area contributed by atoms with Crippen molar-refractivity contribution in [3.05, 3.63) is 24.4 Å². The standard InChI is InChI=1S/C13H19N3O/c1-13(2)6-8-16(10(9-13)12(14)17)11-5-3-4-7-15-11/h3-5,7,10H,6,8-9H2,1-2H3,(H2,14,17). The van der Waals surface area contributed by atoms with Crippen LogP contribution in [0.5, 0.6) is 0 Å². The highest BCUT2D eigenvalue weighted by Crippen LogP contribution is 2.35. The van der Waals surface area contributed by atoms with Crippen molar-refractivity contribution in [3.63, 3.8) is 0 Å². The van der Waals surface area contributed by atoms with Gasteiger partial charge in [-0.15, -0.1) is 0 Å². The number of primary amides is 1. The summed E-state index contributed by atoms with van der Waals surface area (Å²) in [6.45, 7) is 5.19. The quantitative estimate of drug-likeness (QED) is 0.843. The molecule has 0 radical (unpaired) electrons. The fraction of sp³-hybridized carbons (Fsp3) is 0.538. The highest BCUT2D eigenvalue weighted by Gasteiger charge is 2.36. The third kappa shape index (κ3) is 2.57. The van der Waals surface area contributed by atoms with Gasteiger partial charge in [0, 0.05) is 12.7 Å². The van der Waals surface area contributed by atoms with Gasteiger partial charge < -0.3 is 10.6 Å². The zero-order chi connectivity index (χ0) is 12.5. The lowest BCUT2D eigenvalue weighted by molar-refractivity contribution is -0.120. The number of carbonyl (C=O) groups excluding carboxylic acids is 1. The first-order valence-corrected chi connectivity index (χ1v) is 5.97. The highest BCUT2D eigenvalue weighted by molar-refractivity contribution is 5.83. The molecule has 2 N–H and O–H groups in total. The van der Waals surface area contributed by atoms with Gasteiger partial charge in [0.05, 0.1) is 0 Å². The molecule has 2 rings (SSSR count). The number of nitrogens with zero attached hydrogens (tertiary/aromatic N) is 2. The predicted octanol–water partition coefficient (Wildman–Crippen LogP) is 1.56. The molecule has 0 aliphatic carbocycles. The summed E-state index contributed by atoms with van der Waals surface area (Å²) in [7, 11) is 0. The van der Waals surface area contributed by atoms with Gasteiger partial charge in [-0.05, 0) is 30.4 Å². The molecule has 4 heteroatoms. The van der Waals surface area contributed by atoms with E-state index in [-0.39, 0.29) is 17.4 Å². The Morgan fingerprint density at radius 1 is 1.53 bits per heavy atom. The summed E-state index contributed by atoms with van der Waals surface area (Å²) in [5.74, 6) is 0.579. The Hall–Kier alpha value is -1.58. The van der Waals surface area contributed by atoms with Crippen molar-refractivity contribution in [2.75, 3.05) is 11.4 Å². The Morgan fingerprint density at radius 3 is 2.88 bits per heavy atom. The number of pyridine rings is 1. The Bertz CT molecular complexity index is 402. The number of piperidine rings is 1. The van der Waals surface area contributed by atoms with Crippen molar-refractivity contribution in [3.8, 4) is 0 Å². The summed E-state index contributed by atoms with van der Waals surface area (Å²) in [6.07, 6.45) is 3.58. The maximum absolute atomic E-state index is 11.6. The van der Waals surface area contributed by atoms with Crippen LogP contribution in [0.4, 0.5) is 5.82 Å². The van der Waals surface area contributed by atoms with Crippen LogP contribution in [0.2, 0.25) is 0 Å². The van der Waals surface area contributed by atoms with Crippen molar-refractivity contribution in [1.82, 2.24) is 4.98 Å². The van der Waals surface area contributed by atoms with Gasteiger partial charge in [-0.25, -0.2) is 4.98 Å². The van der Waals surface area contributed by atoms with Gasteiger partial charge in [0.2, 0.25) is 5.91 Å². The molecular formula is C13H19N3O. The molecule has 0 saturated carbocycles. The lowest BCUT2D eigenvalue weighted by atomic mass is 9.78. The van der Waals surface area contributed by atoms with E-state index in [1.165, 1.54) is 0 Å². The van der Waals surface area contributed by atoms with E-state index in [0.29, 0.717) is 0 Å². The normalized spacial score (nSPS) is 23.4. The monoisotopic (exact) mass is 233 g/mol. The third-order valence-corrected chi connectivity index (χ3v) is 3.42. The fourth-order valence-corrected chi connectivity index (χ4v) is 2.37. The topological polar surface area (TPSA) is 59.2 Å². The van der Waals surface area contributed by atoms with Crippen LogP contribution in [0.25, 0.3) is 0 Å². The molecule has 17 heavy (non-hydrogen) atoms. The molecule has 0 aromatic carbocycles. The molecule has 1 unspecified atom stereocenters. The molecule has 0 bridgehead atoms. The Labute approximate surface area is 102 Å². The summed E-state index contributed by atoms with van der Waals surface area (Å²) in [6, 6.07) is 5.49. The number of hydrogen-bond acceptors (Lipinski definition) is 3. The number of anilines is 1. The van der Waals surface area contributed by atoms with Crippen LogP contribution in [-0.2, 0) is 4.79 Å². The van der Waals surface area contributed by atoms with Crippen LogP contribution in [0.3, 0.4) is 0 Å². The van der Waals surface area contributed by atoms with E-state index in [2.05, 4.69) is 18.8 Å². The number of rotatable bonds is 2. The molecule has 1 aliphatic rings. The van der Waals surface area contributed by atoms with Gasteiger partial charge in [0.25, 0.3) is 0 Å². The maximum atomic E-state index is 11.6. The van der Waals surface area contributed by atoms with Gasteiger partial charge in [-0.3, -0.25) is 4.79 Å². The van der Waals surface area contributed by atoms with Crippen LogP contribution in [-0.4, -0.2) is 23.5 Å². The van der Waals surface area contributed by atoms with E-state index in [1.54, 1.807) is 6.20 Å². The first kappa shape index (κ1) is 11.9. The van der Waals surface area contributed by atoms with E-state index in [9.17, 15) is 4.79 Å². The molecule has 2 heterocycles. The van der Waals surface area contributed by atoms with Crippen LogP contribution in [0.15, 0.2) is 24.4 Å². The molecule has 4 nitrogen and oxygen atoms in total. The van der Waals surface area contributed by atoms with Crippen LogP contribution < -0.4 is 10.6 Å². The maximum Gasteiger partial charge on any atom is 0.240 e. The second-order valence-electron chi connectivity index (χ2n) is 5.42. The number of aromatic nitrogens is 1. The van der Waals surface area contributed by atoms with Crippen molar-refractivity contribution >= 4 is 11.7 Å². The zero-order valence-electron chi connectivity index (χ0n) is 10.4. The minimum absolute atomic E-state index is 0.172. The molecule has 92 valence electrons. The predicted molar refractivity (Wildman–Crippen MR) is 67.6 cm³/mol. The first-order chi connectivity index (χ1) is 7.99. The van der Waals surface area contributed by atoms with E-state index < -0.39 is 0 Å². The fourth-order valence-electron chi connectivity index (χ4n) is 2.37. The molecule has 1 fully saturated rings. The van der Waals surface area contributed by atoms with Crippen molar-refractivity contribution in [2.24, 2.45) is 11.1 Å². The number of amides is 1. The number of hydrogen-bond donors (Lipinski definition) is 1. The van der Waals surface area contributed by atoms with E-state index in [1.807, 2.05) is 23.1 Å². The number of carbonyl (C=O) groups is 1. The molecule has 1 aromatic rings. The van der Waals surface area contributed by atoms with E-state index >= 15 is 0 Å². The largest absolute Gasteiger partial charge is 0.368 e. The Balaban J connectivity index is 2.25. The second-order valence-corrected chi connectivity index (χ2v) is 5.42. The smallest absolute Gasteiger partial charge is 0.240 e. The van der Waals surface area contributed by atoms with Crippen molar-refractivity contribution in [2.45, 2.75) is 32.7 Å². The van der Waals surface area contributed by atoms with Crippen LogP contribution in [0, 0.1) is 5.41 Å². The Kier molecular flexibility index (Phi) is 3.05. The molecule has 1 aliphatic heterocycles. The molecule has 1 saturated heterocycles. The van der Waals surface area contributed by atoms with E-state index in [0.717, 1.165) is 25.2 Å². The van der Waals surface area contributed by atoms with Crippen molar-refractivity contribution in [1.29, 1.82) is 0 Å². The molecule has 1 aromatic heterocycles. The average Bonchev–Trinajstić information content (AvgIpc) is 2.29. The average molecular weight is 233 g/mol. The summed E-state index contributed by atoms with van der Waals surface area (Å²) < 4.78 is 0. The van der Waals surface area contributed by atoms with Gasteiger partial charge in [-0.1, -0.05) is 19.9 Å². The minimum Gasteiger partial charge on any atom is -0.368 e. The molecular weight excluding hydrogens is 214 g/mol. The van der Waals surface area contributed by atoms with Gasteiger partial charge in [0.1, 0.15) is 11.9 Å². The van der Waals surface area contributed by atoms with Crippen LogP contribution in [0.1, 0.15) is 26.7 Å². The zero-order valence-corrected chi connectivity index (χ0v) is 10.4. The minimum atomic E-state index is -0.261. The lowest BCUT2D eigenvalue weighted by Gasteiger charge is -2.42. The first-order valence-electron chi connectivity index (χ1n) is 5.97. The summed E-state index contributed by atoms with van der Waals surface area (Å²) in [5, 5.41) is 0. The van der Waals surface area contributed by atoms with E-state index in [4.69, 9.17) is 5.73 Å². The summed E-state index contributed by atoms with van der Waals surface area (Å²) >= 11 is 0. The highest BCUT2D eigenvalue weighted by atomic mass is 16.1. The molecule has 0 spiro atoms. The third-order valence-electron chi connectivity index (χ3n) is 3.42. The SMILES string of the molecule is CC1(C)CCN(c2ccccn2)C(C(N)=O)C1. The molecule has 1 amide bonds. The Morgan fingerprint density at radius 2 is 2.29 bits per heavy atom. The van der Waals surface area contributed by atoms with Gasteiger partial charge >= 0.3 is 0 Å². The van der Waals surface area contributed by atoms with Crippen LogP contribution >= 0.6 is 0 Å². The van der Waals surface area contributed by atoms with Gasteiger partial charge in [0.15, 0.2) is 0 Å². The van der Waals surface area contributed by atoms with Crippen molar-refractivity contribution < 1.29 is 4.79 Å². The second kappa shape index (κ2) is 4.35.